The summed E-state index contributed by atoms with van der Waals surface area (Å²) < 4.78 is 35.3. The highest BCUT2D eigenvalue weighted by Gasteiger charge is 2.48. The lowest BCUT2D eigenvalue weighted by Gasteiger charge is -2.24. The first-order chi connectivity index (χ1) is 14.9. The van der Waals surface area contributed by atoms with E-state index in [2.05, 4.69) is 4.99 Å². The molecule has 0 unspecified atom stereocenters. The second kappa shape index (κ2) is 7.87. The Balaban J connectivity index is 1.40. The van der Waals surface area contributed by atoms with Crippen LogP contribution in [0, 0.1) is 6.92 Å². The van der Waals surface area contributed by atoms with E-state index < -0.39 is 9.84 Å². The van der Waals surface area contributed by atoms with Gasteiger partial charge in [0.05, 0.1) is 24.0 Å². The number of carbonyl (C=O) groups excluding carboxylic acids is 1. The number of fused-ring (bicyclic) bond motifs is 2. The van der Waals surface area contributed by atoms with Crippen molar-refractivity contribution >= 4 is 32.7 Å². The van der Waals surface area contributed by atoms with Gasteiger partial charge in [0, 0.05) is 11.8 Å². The fraction of sp³-hybridized carbons (Fsp3) is 0.364. The Bertz CT molecular complexity index is 1180. The highest BCUT2D eigenvalue weighted by molar-refractivity contribution is 8.15. The second-order valence-electron chi connectivity index (χ2n) is 8.07. The fourth-order valence-electron chi connectivity index (χ4n) is 4.20. The van der Waals surface area contributed by atoms with Crippen molar-refractivity contribution in [3.8, 4) is 11.5 Å². The maximum absolute atomic E-state index is 12.7. The third kappa shape index (κ3) is 4.29. The maximum atomic E-state index is 12.7. The van der Waals surface area contributed by atoms with Gasteiger partial charge in [-0.15, -0.1) is 0 Å². The van der Waals surface area contributed by atoms with Crippen LogP contribution in [-0.4, -0.2) is 54.0 Å². The molecular formula is C22H22N2O5S2. The van der Waals surface area contributed by atoms with E-state index >= 15 is 0 Å². The van der Waals surface area contributed by atoms with E-state index in [0.29, 0.717) is 23.2 Å². The van der Waals surface area contributed by atoms with Crippen LogP contribution in [0.3, 0.4) is 0 Å². The van der Waals surface area contributed by atoms with E-state index in [1.54, 1.807) is 0 Å². The monoisotopic (exact) mass is 458 g/mol. The summed E-state index contributed by atoms with van der Waals surface area (Å²) in [4.78, 5) is 19.1. The number of aliphatic imine (C=N–C) groups is 1. The molecule has 0 aliphatic carbocycles. The van der Waals surface area contributed by atoms with Crippen LogP contribution >= 0.6 is 11.8 Å². The number of sulfone groups is 1. The first kappa shape index (κ1) is 20.4. The number of hydrogen-bond acceptors (Lipinski definition) is 6. The van der Waals surface area contributed by atoms with E-state index in [-0.39, 0.29) is 41.9 Å². The SMILES string of the molecule is Cc1cccc(CC(=O)N=C2S[C@@H]3CS(=O)(=O)C[C@@H]3N2Cc2ccc3c(c2)OCO3)c1. The van der Waals surface area contributed by atoms with Crippen molar-refractivity contribution in [3.05, 3.63) is 59.2 Å². The van der Waals surface area contributed by atoms with Gasteiger partial charge in [-0.05, 0) is 30.2 Å². The summed E-state index contributed by atoms with van der Waals surface area (Å²) in [5, 5.41) is 0.491. The van der Waals surface area contributed by atoms with Crippen molar-refractivity contribution in [2.24, 2.45) is 4.99 Å². The molecule has 3 aliphatic rings. The highest BCUT2D eigenvalue weighted by atomic mass is 32.2. The van der Waals surface area contributed by atoms with Gasteiger partial charge in [0.1, 0.15) is 0 Å². The van der Waals surface area contributed by atoms with Gasteiger partial charge in [0.25, 0.3) is 5.91 Å². The molecule has 2 aromatic carbocycles. The van der Waals surface area contributed by atoms with Crippen molar-refractivity contribution in [3.63, 3.8) is 0 Å². The topological polar surface area (TPSA) is 85.3 Å². The normalized spacial score (nSPS) is 24.5. The molecule has 0 N–H and O–H groups in total. The number of hydrogen-bond donors (Lipinski definition) is 0. The summed E-state index contributed by atoms with van der Waals surface area (Å²) in [5.41, 5.74) is 2.97. The van der Waals surface area contributed by atoms with Crippen LogP contribution in [0.25, 0.3) is 0 Å². The number of benzene rings is 2. The molecule has 0 radical (unpaired) electrons. The Morgan fingerprint density at radius 2 is 1.97 bits per heavy atom. The third-order valence-corrected chi connectivity index (χ3v) is 8.87. The molecule has 5 rings (SSSR count). The molecule has 2 atom stereocenters. The number of thioether (sulfide) groups is 1. The minimum Gasteiger partial charge on any atom is -0.454 e. The minimum absolute atomic E-state index is 0.0836. The van der Waals surface area contributed by atoms with Crippen LogP contribution in [0.5, 0.6) is 11.5 Å². The summed E-state index contributed by atoms with van der Waals surface area (Å²) in [7, 11) is -3.09. The molecule has 3 heterocycles. The van der Waals surface area contributed by atoms with Crippen LogP contribution < -0.4 is 9.47 Å². The second-order valence-corrected chi connectivity index (χ2v) is 11.4. The van der Waals surface area contributed by atoms with E-state index in [1.165, 1.54) is 11.8 Å². The summed E-state index contributed by atoms with van der Waals surface area (Å²) >= 11 is 1.40. The highest BCUT2D eigenvalue weighted by Crippen LogP contribution is 2.40. The lowest BCUT2D eigenvalue weighted by Crippen LogP contribution is -2.37. The molecule has 0 aromatic heterocycles. The first-order valence-electron chi connectivity index (χ1n) is 10.1. The number of amides is 1. The van der Waals surface area contributed by atoms with Gasteiger partial charge in [-0.25, -0.2) is 8.42 Å². The third-order valence-electron chi connectivity index (χ3n) is 5.62. The molecule has 3 aliphatic heterocycles. The van der Waals surface area contributed by atoms with Crippen LogP contribution in [0.2, 0.25) is 0 Å². The molecule has 1 amide bonds. The van der Waals surface area contributed by atoms with Crippen LogP contribution in [0.1, 0.15) is 16.7 Å². The lowest BCUT2D eigenvalue weighted by atomic mass is 10.1. The van der Waals surface area contributed by atoms with Crippen LogP contribution in [0.15, 0.2) is 47.5 Å². The molecule has 0 bridgehead atoms. The Morgan fingerprint density at radius 1 is 1.13 bits per heavy atom. The van der Waals surface area contributed by atoms with E-state index in [1.807, 2.05) is 54.3 Å². The van der Waals surface area contributed by atoms with Crippen LogP contribution in [-0.2, 0) is 27.6 Å². The largest absolute Gasteiger partial charge is 0.454 e. The van der Waals surface area contributed by atoms with E-state index in [4.69, 9.17) is 9.47 Å². The lowest BCUT2D eigenvalue weighted by molar-refractivity contribution is -0.117. The molecular weight excluding hydrogens is 436 g/mol. The van der Waals surface area contributed by atoms with Crippen molar-refractivity contribution < 1.29 is 22.7 Å². The minimum atomic E-state index is -3.09. The van der Waals surface area contributed by atoms with Gasteiger partial charge >= 0.3 is 0 Å². The number of carbonyl (C=O) groups is 1. The van der Waals surface area contributed by atoms with Gasteiger partial charge in [0.2, 0.25) is 6.79 Å². The van der Waals surface area contributed by atoms with Crippen molar-refractivity contribution in [1.82, 2.24) is 4.90 Å². The van der Waals surface area contributed by atoms with Crippen LogP contribution in [0.4, 0.5) is 0 Å². The zero-order chi connectivity index (χ0) is 21.6. The smallest absolute Gasteiger partial charge is 0.252 e. The van der Waals surface area contributed by atoms with Gasteiger partial charge in [-0.2, -0.15) is 4.99 Å². The standard InChI is InChI=1S/C22H22N2O5S2/c1-14-3-2-4-15(7-14)9-21(25)23-22-24(17-11-31(26,27)12-20(17)30-22)10-16-5-6-18-19(8-16)29-13-28-18/h2-8,17,20H,9-13H2,1H3/t17-,20+/m0/s1. The fourth-order valence-corrected chi connectivity index (χ4v) is 8.17. The summed E-state index contributed by atoms with van der Waals surface area (Å²) in [6.45, 7) is 2.64. The van der Waals surface area contributed by atoms with Gasteiger partial charge in [-0.1, -0.05) is 47.7 Å². The molecule has 7 nitrogen and oxygen atoms in total. The number of amidine groups is 1. The van der Waals surface area contributed by atoms with Gasteiger partial charge in [0.15, 0.2) is 26.5 Å². The first-order valence-corrected chi connectivity index (χ1v) is 12.8. The molecule has 0 spiro atoms. The molecule has 0 saturated carbocycles. The quantitative estimate of drug-likeness (QED) is 0.696. The molecule has 162 valence electrons. The Kier molecular flexibility index (Phi) is 5.18. The average Bonchev–Trinajstić information content (AvgIpc) is 3.35. The van der Waals surface area contributed by atoms with Crippen molar-refractivity contribution in [1.29, 1.82) is 0 Å². The zero-order valence-electron chi connectivity index (χ0n) is 17.0. The van der Waals surface area contributed by atoms with Crippen molar-refractivity contribution in [2.45, 2.75) is 31.2 Å². The van der Waals surface area contributed by atoms with Gasteiger partial charge in [-0.3, -0.25) is 4.79 Å². The number of ether oxygens (including phenoxy) is 2. The number of nitrogens with zero attached hydrogens (tertiary/aromatic N) is 2. The predicted octanol–water partition coefficient (Wildman–Crippen LogP) is 2.56. The summed E-state index contributed by atoms with van der Waals surface area (Å²) in [6, 6.07) is 13.3. The maximum Gasteiger partial charge on any atom is 0.252 e. The van der Waals surface area contributed by atoms with E-state index in [9.17, 15) is 13.2 Å². The van der Waals surface area contributed by atoms with E-state index in [0.717, 1.165) is 16.7 Å². The molecule has 2 aromatic rings. The summed E-state index contributed by atoms with van der Waals surface area (Å²) in [5.74, 6) is 1.34. The molecule has 2 saturated heterocycles. The molecule has 2 fully saturated rings. The average molecular weight is 459 g/mol. The number of rotatable bonds is 4. The van der Waals surface area contributed by atoms with Gasteiger partial charge < -0.3 is 14.4 Å². The Hall–Kier alpha value is -2.52. The molecule has 31 heavy (non-hydrogen) atoms. The summed E-state index contributed by atoms with van der Waals surface area (Å²) in [6.07, 6.45) is 0.219. The Morgan fingerprint density at radius 3 is 2.81 bits per heavy atom. The zero-order valence-corrected chi connectivity index (χ0v) is 18.6. The number of aryl methyl sites for hydroxylation is 1. The predicted molar refractivity (Wildman–Crippen MR) is 119 cm³/mol. The Labute approximate surface area is 185 Å². The van der Waals surface area contributed by atoms with Crippen molar-refractivity contribution in [2.75, 3.05) is 18.3 Å². The molecule has 9 heteroatoms.